The van der Waals surface area contributed by atoms with Crippen molar-refractivity contribution in [1.82, 2.24) is 0 Å². The molecule has 1 fully saturated rings. The molecule has 8 heavy (non-hydrogen) atoms. The van der Waals surface area contributed by atoms with E-state index in [1.807, 2.05) is 0 Å². The Balaban J connectivity index is 2.32. The summed E-state index contributed by atoms with van der Waals surface area (Å²) >= 11 is 0. The van der Waals surface area contributed by atoms with Crippen LogP contribution in [0, 0.1) is 11.7 Å². The Morgan fingerprint density at radius 1 is 1.38 bits per heavy atom. The smallest absolute Gasteiger partial charge is 0.398 e. The topological polar surface area (TPSA) is 18.5 Å². The highest BCUT2D eigenvalue weighted by Crippen LogP contribution is 1.95. The third-order valence-electron chi connectivity index (χ3n) is 0.884. The monoisotopic (exact) mass is 110 g/mol. The summed E-state index contributed by atoms with van der Waals surface area (Å²) in [5, 5.41) is 0. The summed E-state index contributed by atoms with van der Waals surface area (Å²) in [6.45, 7) is 3.13. The standard InChI is InChI=1S/C5H7BO2/c1-2-3-6-7-4-5-8-6/h4-5H2,1H3. The van der Waals surface area contributed by atoms with Crippen LogP contribution in [-0.2, 0) is 9.31 Å². The summed E-state index contributed by atoms with van der Waals surface area (Å²) < 4.78 is 10.00. The van der Waals surface area contributed by atoms with Crippen molar-refractivity contribution < 1.29 is 9.31 Å². The number of hydrogen-bond donors (Lipinski definition) is 0. The first-order chi connectivity index (χ1) is 3.93. The van der Waals surface area contributed by atoms with Crippen LogP contribution in [0.3, 0.4) is 0 Å². The molecule has 0 aromatic carbocycles. The van der Waals surface area contributed by atoms with Crippen molar-refractivity contribution in [2.45, 2.75) is 6.92 Å². The molecule has 3 heteroatoms. The minimum absolute atomic E-state index is 0.250. The van der Waals surface area contributed by atoms with Crippen molar-refractivity contribution in [2.75, 3.05) is 13.2 Å². The van der Waals surface area contributed by atoms with Crippen LogP contribution in [0.5, 0.6) is 0 Å². The molecule has 1 aliphatic rings. The summed E-state index contributed by atoms with van der Waals surface area (Å²) in [7, 11) is -0.250. The summed E-state index contributed by atoms with van der Waals surface area (Å²) in [5.41, 5.74) is 0. The molecule has 1 heterocycles. The minimum atomic E-state index is -0.250. The number of hydrogen-bond acceptors (Lipinski definition) is 2. The average Bonchev–Trinajstić information content (AvgIpc) is 2.19. The van der Waals surface area contributed by atoms with E-state index in [9.17, 15) is 0 Å². The lowest BCUT2D eigenvalue weighted by Gasteiger charge is -1.87. The Bertz CT molecular complexity index is 118. The maximum atomic E-state index is 5.00. The second-order valence-corrected chi connectivity index (χ2v) is 1.47. The normalized spacial score (nSPS) is 17.9. The molecule has 0 unspecified atom stereocenters. The lowest BCUT2D eigenvalue weighted by Crippen LogP contribution is -2.10. The molecule has 1 rings (SSSR count). The highest BCUT2D eigenvalue weighted by Gasteiger charge is 2.20. The molecule has 0 saturated carbocycles. The maximum Gasteiger partial charge on any atom is 0.550 e. The molecular formula is C5H7BO2. The van der Waals surface area contributed by atoms with Crippen molar-refractivity contribution in [1.29, 1.82) is 0 Å². The van der Waals surface area contributed by atoms with Crippen LogP contribution in [0.1, 0.15) is 6.92 Å². The first-order valence-electron chi connectivity index (χ1n) is 2.59. The predicted octanol–water partition coefficient (Wildman–Crippen LogP) is 0.0839. The SMILES string of the molecule is CC#CB1OCCO1. The zero-order chi connectivity index (χ0) is 5.82. The summed E-state index contributed by atoms with van der Waals surface area (Å²) in [6.07, 6.45) is 0. The molecule has 2 nitrogen and oxygen atoms in total. The van der Waals surface area contributed by atoms with Gasteiger partial charge in [0.05, 0.1) is 13.2 Å². The van der Waals surface area contributed by atoms with E-state index in [2.05, 4.69) is 11.7 Å². The quantitative estimate of drug-likeness (QED) is 0.324. The molecule has 0 radical (unpaired) electrons. The van der Waals surface area contributed by atoms with E-state index in [1.165, 1.54) is 0 Å². The molecule has 0 aromatic rings. The lowest BCUT2D eigenvalue weighted by molar-refractivity contribution is 0.365. The molecule has 1 aliphatic heterocycles. The second kappa shape index (κ2) is 2.76. The van der Waals surface area contributed by atoms with Gasteiger partial charge in [0, 0.05) is 0 Å². The van der Waals surface area contributed by atoms with E-state index in [0.29, 0.717) is 13.2 Å². The van der Waals surface area contributed by atoms with Crippen molar-refractivity contribution in [3.63, 3.8) is 0 Å². The van der Waals surface area contributed by atoms with E-state index in [0.717, 1.165) is 0 Å². The van der Waals surface area contributed by atoms with E-state index < -0.39 is 0 Å². The van der Waals surface area contributed by atoms with Gasteiger partial charge in [0.25, 0.3) is 0 Å². The van der Waals surface area contributed by atoms with Gasteiger partial charge in [0.2, 0.25) is 0 Å². The second-order valence-electron chi connectivity index (χ2n) is 1.47. The molecule has 0 aromatic heterocycles. The van der Waals surface area contributed by atoms with Crippen LogP contribution < -0.4 is 0 Å². The molecule has 0 spiro atoms. The van der Waals surface area contributed by atoms with Crippen molar-refractivity contribution in [3.8, 4) is 11.7 Å². The molecule has 0 amide bonds. The van der Waals surface area contributed by atoms with Crippen molar-refractivity contribution in [2.24, 2.45) is 0 Å². The van der Waals surface area contributed by atoms with Gasteiger partial charge in [-0.25, -0.2) is 0 Å². The minimum Gasteiger partial charge on any atom is -0.398 e. The van der Waals surface area contributed by atoms with E-state index in [-0.39, 0.29) is 7.12 Å². The zero-order valence-corrected chi connectivity index (χ0v) is 4.81. The summed E-state index contributed by atoms with van der Waals surface area (Å²) in [5.74, 6) is 5.46. The average molecular weight is 110 g/mol. The molecular weight excluding hydrogens is 103 g/mol. The molecule has 42 valence electrons. The van der Waals surface area contributed by atoms with Gasteiger partial charge < -0.3 is 9.31 Å². The predicted molar refractivity (Wildman–Crippen MR) is 31.1 cm³/mol. The highest BCUT2D eigenvalue weighted by molar-refractivity contribution is 6.54. The van der Waals surface area contributed by atoms with Crippen LogP contribution in [0.25, 0.3) is 0 Å². The fourth-order valence-corrected chi connectivity index (χ4v) is 0.560. The first-order valence-corrected chi connectivity index (χ1v) is 2.59. The van der Waals surface area contributed by atoms with Crippen molar-refractivity contribution >= 4 is 7.12 Å². The summed E-state index contributed by atoms with van der Waals surface area (Å²) in [6, 6.07) is 0. The van der Waals surface area contributed by atoms with Gasteiger partial charge in [-0.05, 0) is 6.92 Å². The van der Waals surface area contributed by atoms with Gasteiger partial charge in [-0.1, -0.05) is 5.82 Å². The van der Waals surface area contributed by atoms with Crippen LogP contribution in [0.4, 0.5) is 0 Å². The fourth-order valence-electron chi connectivity index (χ4n) is 0.560. The zero-order valence-electron chi connectivity index (χ0n) is 4.81. The lowest BCUT2D eigenvalue weighted by atomic mass is 9.93. The molecule has 0 atom stereocenters. The number of rotatable bonds is 0. The molecule has 0 bridgehead atoms. The Hall–Kier alpha value is -0.455. The maximum absolute atomic E-state index is 5.00. The summed E-state index contributed by atoms with van der Waals surface area (Å²) in [4.78, 5) is 0. The van der Waals surface area contributed by atoms with Crippen LogP contribution in [0.2, 0.25) is 0 Å². The third-order valence-corrected chi connectivity index (χ3v) is 0.884. The van der Waals surface area contributed by atoms with Gasteiger partial charge in [-0.3, -0.25) is 0 Å². The van der Waals surface area contributed by atoms with Gasteiger partial charge in [-0.2, -0.15) is 0 Å². The van der Waals surface area contributed by atoms with Gasteiger partial charge in [0.15, 0.2) is 0 Å². The van der Waals surface area contributed by atoms with E-state index in [4.69, 9.17) is 9.31 Å². The largest absolute Gasteiger partial charge is 0.550 e. The van der Waals surface area contributed by atoms with Crippen LogP contribution in [0.15, 0.2) is 0 Å². The molecule has 0 aliphatic carbocycles. The van der Waals surface area contributed by atoms with Crippen LogP contribution >= 0.6 is 0 Å². The Morgan fingerprint density at radius 2 is 2.00 bits per heavy atom. The van der Waals surface area contributed by atoms with E-state index in [1.54, 1.807) is 6.92 Å². The molecule has 0 N–H and O–H groups in total. The van der Waals surface area contributed by atoms with Crippen molar-refractivity contribution in [3.05, 3.63) is 0 Å². The molecule has 1 saturated heterocycles. The fraction of sp³-hybridized carbons (Fsp3) is 0.600. The Morgan fingerprint density at radius 3 is 2.50 bits per heavy atom. The first kappa shape index (κ1) is 5.68. The van der Waals surface area contributed by atoms with Crippen LogP contribution in [-0.4, -0.2) is 20.3 Å². The Labute approximate surface area is 49.3 Å². The van der Waals surface area contributed by atoms with Gasteiger partial charge in [0.1, 0.15) is 0 Å². The van der Waals surface area contributed by atoms with E-state index >= 15 is 0 Å². The van der Waals surface area contributed by atoms with Gasteiger partial charge >= 0.3 is 7.12 Å². The Kier molecular flexibility index (Phi) is 1.96. The van der Waals surface area contributed by atoms with Gasteiger partial charge in [-0.15, -0.1) is 5.92 Å². The third kappa shape index (κ3) is 1.26. The highest BCUT2D eigenvalue weighted by atomic mass is 16.6.